The molecule has 0 spiro atoms. The van der Waals surface area contributed by atoms with Gasteiger partial charge in [-0.3, -0.25) is 0 Å². The predicted molar refractivity (Wildman–Crippen MR) is 114 cm³/mol. The highest BCUT2D eigenvalue weighted by molar-refractivity contribution is 9.10. The van der Waals surface area contributed by atoms with Crippen LogP contribution in [0.4, 0.5) is 0 Å². The maximum absolute atomic E-state index is 12.3. The molecular weight excluding hydrogens is 476 g/mol. The second-order valence-electron chi connectivity index (χ2n) is 5.68. The van der Waals surface area contributed by atoms with Gasteiger partial charge in [0.1, 0.15) is 17.4 Å². The molecule has 0 saturated carbocycles. The Bertz CT molecular complexity index is 1150. The molecule has 146 valence electrons. The van der Waals surface area contributed by atoms with E-state index in [0.717, 1.165) is 20.8 Å². The molecule has 0 fully saturated rings. The summed E-state index contributed by atoms with van der Waals surface area (Å²) in [5.74, 6) is 0.686. The average molecular weight is 489 g/mol. The van der Waals surface area contributed by atoms with E-state index in [4.69, 9.17) is 9.47 Å². The van der Waals surface area contributed by atoms with Crippen molar-refractivity contribution in [1.29, 1.82) is 0 Å². The third kappa shape index (κ3) is 4.50. The lowest BCUT2D eigenvalue weighted by atomic mass is 10.2. The number of esters is 1. The Labute approximate surface area is 182 Å². The van der Waals surface area contributed by atoms with E-state index in [1.807, 2.05) is 23.6 Å². The van der Waals surface area contributed by atoms with E-state index >= 15 is 0 Å². The van der Waals surface area contributed by atoms with Gasteiger partial charge in [-0.25, -0.2) is 24.7 Å². The topological polar surface area (TPSA) is 87.1 Å². The van der Waals surface area contributed by atoms with Crippen molar-refractivity contribution >= 4 is 44.6 Å². The maximum Gasteiger partial charge on any atom is 0.358 e. The van der Waals surface area contributed by atoms with Crippen LogP contribution in [0, 0.1) is 0 Å². The fourth-order valence-corrected chi connectivity index (χ4v) is 4.36. The molecule has 7 nitrogen and oxygen atoms in total. The van der Waals surface area contributed by atoms with E-state index in [0.29, 0.717) is 16.5 Å². The van der Waals surface area contributed by atoms with E-state index in [9.17, 15) is 4.79 Å². The Morgan fingerprint density at radius 1 is 1.10 bits per heavy atom. The van der Waals surface area contributed by atoms with Crippen LogP contribution in [0.25, 0.3) is 21.4 Å². The summed E-state index contributed by atoms with van der Waals surface area (Å²) in [6.45, 7) is 0.0559. The lowest BCUT2D eigenvalue weighted by molar-refractivity contribution is 0.0462. The number of nitrogens with zero attached hydrogens (tertiary/aromatic N) is 4. The quantitative estimate of drug-likeness (QED) is 0.358. The van der Waals surface area contributed by atoms with Crippen molar-refractivity contribution in [2.75, 3.05) is 7.11 Å². The molecule has 10 heteroatoms. The van der Waals surface area contributed by atoms with E-state index < -0.39 is 5.97 Å². The zero-order valence-corrected chi connectivity index (χ0v) is 18.3. The fraction of sp³-hybridized carbons (Fsp3) is 0.105. The first kappa shape index (κ1) is 19.6. The number of thiazole rings is 2. The molecule has 4 aromatic rings. The van der Waals surface area contributed by atoms with Crippen LogP contribution in [0.15, 0.2) is 51.9 Å². The van der Waals surface area contributed by atoms with Crippen LogP contribution < -0.4 is 4.74 Å². The minimum Gasteiger partial charge on any atom is -0.496 e. The van der Waals surface area contributed by atoms with Gasteiger partial charge in [-0.2, -0.15) is 0 Å². The Morgan fingerprint density at radius 2 is 1.90 bits per heavy atom. The molecule has 0 atom stereocenters. The predicted octanol–water partition coefficient (Wildman–Crippen LogP) is 4.85. The Kier molecular flexibility index (Phi) is 5.93. The fourth-order valence-electron chi connectivity index (χ4n) is 2.44. The molecule has 0 aliphatic carbocycles. The van der Waals surface area contributed by atoms with Gasteiger partial charge in [0, 0.05) is 27.6 Å². The molecule has 0 saturated heterocycles. The third-order valence-electron chi connectivity index (χ3n) is 3.77. The first-order valence-corrected chi connectivity index (χ1v) is 10.9. The number of carbonyl (C=O) groups excluding carboxylic acids is 1. The van der Waals surface area contributed by atoms with Crippen molar-refractivity contribution in [3.8, 4) is 27.2 Å². The molecule has 29 heavy (non-hydrogen) atoms. The molecule has 0 aliphatic rings. The monoisotopic (exact) mass is 488 g/mol. The number of hydrogen-bond acceptors (Lipinski definition) is 9. The van der Waals surface area contributed by atoms with Crippen molar-refractivity contribution in [2.24, 2.45) is 0 Å². The second kappa shape index (κ2) is 8.76. The number of rotatable bonds is 6. The van der Waals surface area contributed by atoms with Gasteiger partial charge in [-0.1, -0.05) is 15.9 Å². The summed E-state index contributed by atoms with van der Waals surface area (Å²) in [4.78, 5) is 29.4. The van der Waals surface area contributed by atoms with Gasteiger partial charge in [0.2, 0.25) is 0 Å². The minimum atomic E-state index is -0.516. The highest BCUT2D eigenvalue weighted by Crippen LogP contribution is 2.34. The van der Waals surface area contributed by atoms with Gasteiger partial charge >= 0.3 is 5.97 Å². The van der Waals surface area contributed by atoms with E-state index in [2.05, 4.69) is 35.9 Å². The van der Waals surface area contributed by atoms with Crippen molar-refractivity contribution in [3.63, 3.8) is 0 Å². The van der Waals surface area contributed by atoms with E-state index in [1.165, 1.54) is 22.7 Å². The second-order valence-corrected chi connectivity index (χ2v) is 8.31. The van der Waals surface area contributed by atoms with Crippen molar-refractivity contribution in [1.82, 2.24) is 19.9 Å². The SMILES string of the molecule is COc1ccc(Br)cc1-c1nc(COC(=O)c2csc(-c3ncccn3)n2)cs1. The van der Waals surface area contributed by atoms with Gasteiger partial charge in [0.05, 0.1) is 18.4 Å². The molecule has 4 rings (SSSR count). The van der Waals surface area contributed by atoms with Crippen molar-refractivity contribution < 1.29 is 14.3 Å². The largest absolute Gasteiger partial charge is 0.496 e. The summed E-state index contributed by atoms with van der Waals surface area (Å²) >= 11 is 6.21. The lowest BCUT2D eigenvalue weighted by Crippen LogP contribution is -2.06. The van der Waals surface area contributed by atoms with Crippen LogP contribution in [0.1, 0.15) is 16.2 Å². The summed E-state index contributed by atoms with van der Waals surface area (Å²) in [5.41, 5.74) is 1.75. The number of halogens is 1. The smallest absolute Gasteiger partial charge is 0.358 e. The number of aromatic nitrogens is 4. The first-order chi connectivity index (χ1) is 14.1. The molecule has 0 bridgehead atoms. The maximum atomic E-state index is 12.3. The lowest BCUT2D eigenvalue weighted by Gasteiger charge is -2.06. The molecular formula is C19H13BrN4O3S2. The van der Waals surface area contributed by atoms with Crippen LogP contribution in [-0.4, -0.2) is 33.0 Å². The van der Waals surface area contributed by atoms with Crippen molar-refractivity contribution in [2.45, 2.75) is 6.61 Å². The van der Waals surface area contributed by atoms with Crippen LogP contribution in [0.3, 0.4) is 0 Å². The summed E-state index contributed by atoms with van der Waals surface area (Å²) in [6, 6.07) is 7.44. The summed E-state index contributed by atoms with van der Waals surface area (Å²) < 4.78 is 11.7. The van der Waals surface area contributed by atoms with E-state index in [-0.39, 0.29) is 12.3 Å². The highest BCUT2D eigenvalue weighted by Gasteiger charge is 2.16. The van der Waals surface area contributed by atoms with E-state index in [1.54, 1.807) is 30.9 Å². The minimum absolute atomic E-state index is 0.0559. The standard InChI is InChI=1S/C19H13BrN4O3S2/c1-26-15-4-3-11(20)7-13(15)17-23-12(9-28-17)8-27-19(25)14-10-29-18(24-14)16-21-5-2-6-22-16/h2-7,9-10H,8H2,1H3. The van der Waals surface area contributed by atoms with Gasteiger partial charge < -0.3 is 9.47 Å². The molecule has 0 amide bonds. The van der Waals surface area contributed by atoms with Gasteiger partial charge in [0.15, 0.2) is 16.5 Å². The normalized spacial score (nSPS) is 10.7. The van der Waals surface area contributed by atoms with Crippen molar-refractivity contribution in [3.05, 3.63) is 63.3 Å². The Hall–Kier alpha value is -2.69. The molecule has 3 heterocycles. The first-order valence-electron chi connectivity index (χ1n) is 8.32. The van der Waals surface area contributed by atoms with Gasteiger partial charge in [0.25, 0.3) is 0 Å². The zero-order valence-electron chi connectivity index (χ0n) is 15.0. The molecule has 3 aromatic heterocycles. The summed E-state index contributed by atoms with van der Waals surface area (Å²) in [7, 11) is 1.62. The van der Waals surface area contributed by atoms with Gasteiger partial charge in [-0.15, -0.1) is 22.7 Å². The van der Waals surface area contributed by atoms with Crippen LogP contribution in [0.5, 0.6) is 5.75 Å². The van der Waals surface area contributed by atoms with Crippen LogP contribution >= 0.6 is 38.6 Å². The zero-order chi connectivity index (χ0) is 20.2. The Morgan fingerprint density at radius 3 is 2.69 bits per heavy atom. The highest BCUT2D eigenvalue weighted by atomic mass is 79.9. The number of ether oxygens (including phenoxy) is 2. The summed E-state index contributed by atoms with van der Waals surface area (Å²) in [6.07, 6.45) is 3.25. The van der Waals surface area contributed by atoms with Gasteiger partial charge in [-0.05, 0) is 24.3 Å². The number of hydrogen-bond donors (Lipinski definition) is 0. The average Bonchev–Trinajstić information content (AvgIpc) is 3.43. The van der Waals surface area contributed by atoms with Crippen LogP contribution in [0.2, 0.25) is 0 Å². The summed E-state index contributed by atoms with van der Waals surface area (Å²) in [5, 5.41) is 4.83. The molecule has 1 aromatic carbocycles. The molecule has 0 aliphatic heterocycles. The third-order valence-corrected chi connectivity index (χ3v) is 6.02. The van der Waals surface area contributed by atoms with Crippen LogP contribution in [-0.2, 0) is 11.3 Å². The molecule has 0 unspecified atom stereocenters. The number of carbonyl (C=O) groups is 1. The molecule has 0 radical (unpaired) electrons. The Balaban J connectivity index is 1.43. The molecule has 0 N–H and O–H groups in total. The number of methoxy groups -OCH3 is 1. The number of benzene rings is 1.